The number of nitrogens with zero attached hydrogens (tertiary/aromatic N) is 2. The first-order chi connectivity index (χ1) is 13.1. The third-order valence-electron chi connectivity index (χ3n) is 6.01. The molecule has 2 aliphatic heterocycles. The molecule has 1 saturated carbocycles. The molecule has 1 aromatic carbocycles. The Bertz CT molecular complexity index is 714. The molecule has 0 radical (unpaired) electrons. The van der Waals surface area contributed by atoms with Crippen molar-refractivity contribution in [3.8, 4) is 11.5 Å². The number of ether oxygens (including phenoxy) is 2. The number of carbonyl (C=O) groups is 2. The molecule has 27 heavy (non-hydrogen) atoms. The summed E-state index contributed by atoms with van der Waals surface area (Å²) in [6.07, 6.45) is 7.12. The van der Waals surface area contributed by atoms with Crippen molar-refractivity contribution in [1.82, 2.24) is 9.80 Å². The minimum absolute atomic E-state index is 0.0364. The SMILES string of the molecule is CN(Cc1ccc2c(c1)OCO2)C(=O)C1CCCN1C(=O)C1CCCCC1. The van der Waals surface area contributed by atoms with E-state index in [1.807, 2.05) is 30.1 Å². The Labute approximate surface area is 160 Å². The van der Waals surface area contributed by atoms with E-state index in [9.17, 15) is 9.59 Å². The van der Waals surface area contributed by atoms with Crippen LogP contribution in [0, 0.1) is 5.92 Å². The summed E-state index contributed by atoms with van der Waals surface area (Å²) in [6, 6.07) is 5.45. The lowest BCUT2D eigenvalue weighted by Gasteiger charge is -2.32. The highest BCUT2D eigenvalue weighted by atomic mass is 16.7. The maximum absolute atomic E-state index is 13.1. The first-order valence-electron chi connectivity index (χ1n) is 10.1. The van der Waals surface area contributed by atoms with Crippen LogP contribution in [0.5, 0.6) is 11.5 Å². The second-order valence-electron chi connectivity index (χ2n) is 7.91. The molecule has 1 aliphatic carbocycles. The van der Waals surface area contributed by atoms with Gasteiger partial charge in [0, 0.05) is 26.1 Å². The minimum atomic E-state index is -0.307. The van der Waals surface area contributed by atoms with Crippen LogP contribution in [0.2, 0.25) is 0 Å². The number of likely N-dealkylation sites (N-methyl/N-ethyl adjacent to an activating group) is 1. The van der Waals surface area contributed by atoms with Gasteiger partial charge >= 0.3 is 0 Å². The lowest BCUT2D eigenvalue weighted by molar-refractivity contribution is -0.146. The van der Waals surface area contributed by atoms with Crippen LogP contribution in [0.4, 0.5) is 0 Å². The Kier molecular flexibility index (Phi) is 5.23. The van der Waals surface area contributed by atoms with Gasteiger partial charge in [-0.25, -0.2) is 0 Å². The quantitative estimate of drug-likeness (QED) is 0.815. The second kappa shape index (κ2) is 7.79. The van der Waals surface area contributed by atoms with E-state index in [1.165, 1.54) is 6.42 Å². The summed E-state index contributed by atoms with van der Waals surface area (Å²) in [5, 5.41) is 0. The average molecular weight is 372 g/mol. The van der Waals surface area contributed by atoms with Gasteiger partial charge in [-0.3, -0.25) is 9.59 Å². The van der Waals surface area contributed by atoms with E-state index in [0.717, 1.165) is 55.6 Å². The van der Waals surface area contributed by atoms with Gasteiger partial charge in [-0.1, -0.05) is 25.3 Å². The summed E-state index contributed by atoms with van der Waals surface area (Å²) in [4.78, 5) is 29.6. The summed E-state index contributed by atoms with van der Waals surface area (Å²) >= 11 is 0. The van der Waals surface area contributed by atoms with Crippen molar-refractivity contribution in [2.75, 3.05) is 20.4 Å². The summed E-state index contributed by atoms with van der Waals surface area (Å²) in [5.74, 6) is 1.82. The molecular weight excluding hydrogens is 344 g/mol. The fourth-order valence-electron chi connectivity index (χ4n) is 4.52. The highest BCUT2D eigenvalue weighted by Gasteiger charge is 2.38. The van der Waals surface area contributed by atoms with Gasteiger partial charge in [-0.15, -0.1) is 0 Å². The highest BCUT2D eigenvalue weighted by molar-refractivity contribution is 5.89. The molecule has 0 N–H and O–H groups in total. The van der Waals surface area contributed by atoms with Crippen molar-refractivity contribution in [1.29, 1.82) is 0 Å². The van der Waals surface area contributed by atoms with E-state index >= 15 is 0 Å². The van der Waals surface area contributed by atoms with Crippen molar-refractivity contribution in [2.45, 2.75) is 57.5 Å². The predicted octanol–water partition coefficient (Wildman–Crippen LogP) is 2.95. The van der Waals surface area contributed by atoms with Gasteiger partial charge in [-0.05, 0) is 43.4 Å². The smallest absolute Gasteiger partial charge is 0.245 e. The molecule has 2 heterocycles. The molecule has 0 bridgehead atoms. The molecule has 4 rings (SSSR count). The molecule has 146 valence electrons. The molecule has 0 spiro atoms. The predicted molar refractivity (Wildman–Crippen MR) is 100 cm³/mol. The van der Waals surface area contributed by atoms with Crippen LogP contribution >= 0.6 is 0 Å². The zero-order chi connectivity index (χ0) is 18.8. The maximum atomic E-state index is 13.1. The monoisotopic (exact) mass is 372 g/mol. The zero-order valence-corrected chi connectivity index (χ0v) is 16.0. The Hall–Kier alpha value is -2.24. The highest BCUT2D eigenvalue weighted by Crippen LogP contribution is 2.33. The van der Waals surface area contributed by atoms with Crippen molar-refractivity contribution < 1.29 is 19.1 Å². The van der Waals surface area contributed by atoms with Crippen molar-refractivity contribution >= 4 is 11.8 Å². The van der Waals surface area contributed by atoms with Crippen LogP contribution in [0.3, 0.4) is 0 Å². The number of hydrogen-bond acceptors (Lipinski definition) is 4. The van der Waals surface area contributed by atoms with Gasteiger partial charge in [0.2, 0.25) is 18.6 Å². The average Bonchev–Trinajstić information content (AvgIpc) is 3.36. The lowest BCUT2D eigenvalue weighted by Crippen LogP contribution is -2.48. The number of amides is 2. The number of rotatable bonds is 4. The molecule has 1 unspecified atom stereocenters. The molecule has 6 nitrogen and oxygen atoms in total. The van der Waals surface area contributed by atoms with Gasteiger partial charge in [0.25, 0.3) is 0 Å². The number of fused-ring (bicyclic) bond motifs is 1. The number of carbonyl (C=O) groups excluding carboxylic acids is 2. The van der Waals surface area contributed by atoms with Crippen LogP contribution in [0.15, 0.2) is 18.2 Å². The third kappa shape index (κ3) is 3.75. The number of benzene rings is 1. The van der Waals surface area contributed by atoms with Gasteiger partial charge in [0.05, 0.1) is 0 Å². The van der Waals surface area contributed by atoms with Crippen LogP contribution in [-0.4, -0.2) is 48.0 Å². The van der Waals surface area contributed by atoms with Gasteiger partial charge in [-0.2, -0.15) is 0 Å². The van der Waals surface area contributed by atoms with Gasteiger partial charge in [0.1, 0.15) is 6.04 Å². The molecule has 2 amide bonds. The van der Waals surface area contributed by atoms with E-state index in [2.05, 4.69) is 0 Å². The molecular formula is C21H28N2O4. The fourth-order valence-corrected chi connectivity index (χ4v) is 4.52. The molecule has 6 heteroatoms. The number of hydrogen-bond donors (Lipinski definition) is 0. The first-order valence-corrected chi connectivity index (χ1v) is 10.1. The Morgan fingerprint density at radius 2 is 1.85 bits per heavy atom. The molecule has 1 aromatic rings. The normalized spacial score (nSPS) is 22.1. The van der Waals surface area contributed by atoms with Crippen molar-refractivity contribution in [3.05, 3.63) is 23.8 Å². The standard InChI is InChI=1S/C21H28N2O4/c1-22(13-15-9-10-18-19(12-15)27-14-26-18)21(25)17-8-5-11-23(17)20(24)16-6-3-2-4-7-16/h9-10,12,16-17H,2-8,11,13-14H2,1H3. The second-order valence-corrected chi connectivity index (χ2v) is 7.91. The van der Waals surface area contributed by atoms with E-state index in [0.29, 0.717) is 13.1 Å². The van der Waals surface area contributed by atoms with E-state index in [1.54, 1.807) is 4.90 Å². The lowest BCUT2D eigenvalue weighted by atomic mass is 9.88. The van der Waals surface area contributed by atoms with Crippen LogP contribution in [-0.2, 0) is 16.1 Å². The summed E-state index contributed by atoms with van der Waals surface area (Å²) < 4.78 is 10.8. The molecule has 1 saturated heterocycles. The zero-order valence-electron chi connectivity index (χ0n) is 16.0. The van der Waals surface area contributed by atoms with E-state index in [4.69, 9.17) is 9.47 Å². The molecule has 3 aliphatic rings. The molecule has 1 atom stereocenters. The molecule has 0 aromatic heterocycles. The Balaban J connectivity index is 1.40. The van der Waals surface area contributed by atoms with E-state index < -0.39 is 0 Å². The topological polar surface area (TPSA) is 59.1 Å². The Morgan fingerprint density at radius 3 is 2.67 bits per heavy atom. The van der Waals surface area contributed by atoms with Gasteiger partial charge < -0.3 is 19.3 Å². The first kappa shape index (κ1) is 18.1. The summed E-state index contributed by atoms with van der Waals surface area (Å²) in [7, 11) is 1.81. The van der Waals surface area contributed by atoms with Crippen molar-refractivity contribution in [3.63, 3.8) is 0 Å². The largest absolute Gasteiger partial charge is 0.454 e. The minimum Gasteiger partial charge on any atom is -0.454 e. The Morgan fingerprint density at radius 1 is 1.07 bits per heavy atom. The third-order valence-corrected chi connectivity index (χ3v) is 6.01. The summed E-state index contributed by atoms with van der Waals surface area (Å²) in [5.41, 5.74) is 0.998. The number of likely N-dealkylation sites (tertiary alicyclic amines) is 1. The van der Waals surface area contributed by atoms with Crippen LogP contribution < -0.4 is 9.47 Å². The van der Waals surface area contributed by atoms with Crippen LogP contribution in [0.1, 0.15) is 50.5 Å². The van der Waals surface area contributed by atoms with Gasteiger partial charge in [0.15, 0.2) is 11.5 Å². The van der Waals surface area contributed by atoms with Crippen molar-refractivity contribution in [2.24, 2.45) is 5.92 Å². The fraction of sp³-hybridized carbons (Fsp3) is 0.619. The van der Waals surface area contributed by atoms with E-state index in [-0.39, 0.29) is 30.6 Å². The maximum Gasteiger partial charge on any atom is 0.245 e. The molecule has 2 fully saturated rings. The van der Waals surface area contributed by atoms with Crippen LogP contribution in [0.25, 0.3) is 0 Å². The summed E-state index contributed by atoms with van der Waals surface area (Å²) in [6.45, 7) is 1.45.